The van der Waals surface area contributed by atoms with Crippen molar-refractivity contribution in [2.75, 3.05) is 0 Å². The van der Waals surface area contributed by atoms with Crippen LogP contribution in [-0.4, -0.2) is 23.9 Å². The first-order chi connectivity index (χ1) is 10.5. The van der Waals surface area contributed by atoms with Crippen LogP contribution in [0.4, 0.5) is 0 Å². The standard InChI is InChI=1S/C18H29N3O/c1-6-13(3)17(14(4)19-7-2)20-15(5)18(22)21-16-11-9-8-10-12-16/h7,16H,3,6,8-12H2,1-2,4-5H3,(H,21,22)/b17-14+,19-7?,20-15?. The van der Waals surface area contributed by atoms with Crippen LogP contribution in [0.15, 0.2) is 33.5 Å². The van der Waals surface area contributed by atoms with Crippen molar-refractivity contribution in [3.05, 3.63) is 23.5 Å². The van der Waals surface area contributed by atoms with Gasteiger partial charge in [-0.05, 0) is 45.6 Å². The molecular weight excluding hydrogens is 274 g/mol. The molecular formula is C18H29N3O. The summed E-state index contributed by atoms with van der Waals surface area (Å²) in [7, 11) is 0. The SMILES string of the molecule is C=C(CC)/C(N=C(C)C(=O)NC1CCCCC1)=C(/C)N=CC. The predicted octanol–water partition coefficient (Wildman–Crippen LogP) is 4.18. The lowest BCUT2D eigenvalue weighted by molar-refractivity contribution is -0.115. The number of amides is 1. The first-order valence-corrected chi connectivity index (χ1v) is 8.23. The van der Waals surface area contributed by atoms with E-state index in [9.17, 15) is 4.79 Å². The summed E-state index contributed by atoms with van der Waals surface area (Å²) in [5.41, 5.74) is 2.88. The maximum Gasteiger partial charge on any atom is 0.265 e. The van der Waals surface area contributed by atoms with Crippen molar-refractivity contribution in [1.29, 1.82) is 0 Å². The van der Waals surface area contributed by atoms with Gasteiger partial charge in [0.2, 0.25) is 0 Å². The molecule has 1 N–H and O–H groups in total. The monoisotopic (exact) mass is 303 g/mol. The number of nitrogens with one attached hydrogen (secondary N) is 1. The highest BCUT2D eigenvalue weighted by Gasteiger charge is 2.17. The maximum atomic E-state index is 12.3. The van der Waals surface area contributed by atoms with E-state index in [2.05, 4.69) is 21.9 Å². The first-order valence-electron chi connectivity index (χ1n) is 8.23. The molecule has 4 heteroatoms. The Morgan fingerprint density at radius 1 is 1.27 bits per heavy atom. The zero-order valence-corrected chi connectivity index (χ0v) is 14.4. The molecule has 1 amide bonds. The highest BCUT2D eigenvalue weighted by molar-refractivity contribution is 6.38. The molecule has 0 spiro atoms. The minimum atomic E-state index is -0.0819. The smallest absolute Gasteiger partial charge is 0.265 e. The number of hydrogen-bond donors (Lipinski definition) is 1. The average Bonchev–Trinajstić information content (AvgIpc) is 2.52. The van der Waals surface area contributed by atoms with Crippen LogP contribution in [0.2, 0.25) is 0 Å². The van der Waals surface area contributed by atoms with Crippen LogP contribution in [0.5, 0.6) is 0 Å². The third-order valence-electron chi connectivity index (χ3n) is 3.98. The van der Waals surface area contributed by atoms with Gasteiger partial charge >= 0.3 is 0 Å². The van der Waals surface area contributed by atoms with Gasteiger partial charge in [-0.15, -0.1) is 0 Å². The Balaban J connectivity index is 2.87. The minimum Gasteiger partial charge on any atom is -0.348 e. The Kier molecular flexibility index (Phi) is 7.78. The number of nitrogens with zero attached hydrogens (tertiary/aromatic N) is 2. The quantitative estimate of drug-likeness (QED) is 0.580. The van der Waals surface area contributed by atoms with Gasteiger partial charge in [0.25, 0.3) is 5.91 Å². The van der Waals surface area contributed by atoms with Crippen LogP contribution in [0.25, 0.3) is 0 Å². The fraction of sp³-hybridized carbons (Fsp3) is 0.611. The lowest BCUT2D eigenvalue weighted by Gasteiger charge is -2.22. The first kappa shape index (κ1) is 18.3. The molecule has 0 bridgehead atoms. The molecule has 0 heterocycles. The van der Waals surface area contributed by atoms with Crippen molar-refractivity contribution in [3.8, 4) is 0 Å². The highest BCUT2D eigenvalue weighted by Crippen LogP contribution is 2.20. The summed E-state index contributed by atoms with van der Waals surface area (Å²) >= 11 is 0. The van der Waals surface area contributed by atoms with E-state index in [0.29, 0.717) is 11.8 Å². The maximum absolute atomic E-state index is 12.3. The molecule has 0 aromatic heterocycles. The van der Waals surface area contributed by atoms with E-state index in [4.69, 9.17) is 0 Å². The van der Waals surface area contributed by atoms with Crippen molar-refractivity contribution in [2.24, 2.45) is 9.98 Å². The molecule has 0 unspecified atom stereocenters. The molecule has 0 aromatic rings. The summed E-state index contributed by atoms with van der Waals surface area (Å²) in [5, 5.41) is 3.09. The Hall–Kier alpha value is -1.71. The Morgan fingerprint density at radius 2 is 1.91 bits per heavy atom. The summed E-state index contributed by atoms with van der Waals surface area (Å²) in [6.45, 7) is 11.6. The van der Waals surface area contributed by atoms with E-state index in [1.165, 1.54) is 19.3 Å². The van der Waals surface area contributed by atoms with E-state index >= 15 is 0 Å². The van der Waals surface area contributed by atoms with Gasteiger partial charge in [0.1, 0.15) is 5.71 Å². The molecule has 1 aliphatic carbocycles. The van der Waals surface area contributed by atoms with E-state index in [-0.39, 0.29) is 5.91 Å². The fourth-order valence-corrected chi connectivity index (χ4v) is 2.59. The van der Waals surface area contributed by atoms with E-state index < -0.39 is 0 Å². The van der Waals surface area contributed by atoms with Gasteiger partial charge in [-0.3, -0.25) is 9.79 Å². The molecule has 1 aliphatic rings. The fourth-order valence-electron chi connectivity index (χ4n) is 2.59. The molecule has 0 atom stereocenters. The molecule has 0 aromatic carbocycles. The summed E-state index contributed by atoms with van der Waals surface area (Å²) in [4.78, 5) is 21.1. The number of allylic oxidation sites excluding steroid dienone is 2. The average molecular weight is 303 g/mol. The number of carbonyl (C=O) groups excluding carboxylic acids is 1. The van der Waals surface area contributed by atoms with Gasteiger partial charge in [0.05, 0.1) is 11.4 Å². The van der Waals surface area contributed by atoms with Crippen LogP contribution in [0.1, 0.15) is 66.2 Å². The van der Waals surface area contributed by atoms with Crippen molar-refractivity contribution in [2.45, 2.75) is 72.3 Å². The molecule has 0 radical (unpaired) electrons. The van der Waals surface area contributed by atoms with Crippen molar-refractivity contribution < 1.29 is 4.79 Å². The normalized spacial score (nSPS) is 18.3. The van der Waals surface area contributed by atoms with Crippen LogP contribution in [0, 0.1) is 0 Å². The van der Waals surface area contributed by atoms with Crippen molar-refractivity contribution in [3.63, 3.8) is 0 Å². The van der Waals surface area contributed by atoms with Crippen LogP contribution in [0.3, 0.4) is 0 Å². The highest BCUT2D eigenvalue weighted by atomic mass is 16.1. The number of hydrogen-bond acceptors (Lipinski definition) is 3. The lowest BCUT2D eigenvalue weighted by atomic mass is 9.95. The molecule has 22 heavy (non-hydrogen) atoms. The largest absolute Gasteiger partial charge is 0.348 e. The summed E-state index contributed by atoms with van der Waals surface area (Å²) in [6.07, 6.45) is 8.33. The molecule has 1 fully saturated rings. The Bertz CT molecular complexity index is 494. The second-order valence-electron chi connectivity index (χ2n) is 5.78. The molecule has 122 valence electrons. The van der Waals surface area contributed by atoms with E-state index in [1.807, 2.05) is 20.8 Å². The second kappa shape index (κ2) is 9.34. The van der Waals surface area contributed by atoms with Crippen molar-refractivity contribution in [1.82, 2.24) is 5.32 Å². The summed E-state index contributed by atoms with van der Waals surface area (Å²) in [5.74, 6) is -0.0819. The van der Waals surface area contributed by atoms with Gasteiger partial charge in [-0.2, -0.15) is 0 Å². The molecule has 4 nitrogen and oxygen atoms in total. The Labute approximate surface area is 134 Å². The zero-order valence-electron chi connectivity index (χ0n) is 14.4. The predicted molar refractivity (Wildman–Crippen MR) is 94.4 cm³/mol. The van der Waals surface area contributed by atoms with E-state index in [1.54, 1.807) is 13.1 Å². The third kappa shape index (κ3) is 5.58. The topological polar surface area (TPSA) is 53.8 Å². The second-order valence-corrected chi connectivity index (χ2v) is 5.78. The van der Waals surface area contributed by atoms with Gasteiger partial charge < -0.3 is 5.32 Å². The molecule has 1 saturated carbocycles. The van der Waals surface area contributed by atoms with Gasteiger partial charge in [0.15, 0.2) is 0 Å². The van der Waals surface area contributed by atoms with Gasteiger partial charge in [0, 0.05) is 12.3 Å². The van der Waals surface area contributed by atoms with Crippen LogP contribution in [-0.2, 0) is 4.79 Å². The number of rotatable bonds is 6. The third-order valence-corrected chi connectivity index (χ3v) is 3.98. The lowest BCUT2D eigenvalue weighted by Crippen LogP contribution is -2.39. The Morgan fingerprint density at radius 3 is 2.45 bits per heavy atom. The van der Waals surface area contributed by atoms with Crippen molar-refractivity contribution >= 4 is 17.8 Å². The zero-order chi connectivity index (χ0) is 16.5. The van der Waals surface area contributed by atoms with Gasteiger partial charge in [-0.25, -0.2) is 4.99 Å². The van der Waals surface area contributed by atoms with Crippen LogP contribution >= 0.6 is 0 Å². The molecule has 1 rings (SSSR count). The number of aliphatic imine (C=N–C) groups is 2. The van der Waals surface area contributed by atoms with Crippen LogP contribution < -0.4 is 5.32 Å². The van der Waals surface area contributed by atoms with Gasteiger partial charge in [-0.1, -0.05) is 32.8 Å². The molecule has 0 saturated heterocycles. The minimum absolute atomic E-state index is 0.0819. The summed E-state index contributed by atoms with van der Waals surface area (Å²) < 4.78 is 0. The van der Waals surface area contributed by atoms with E-state index in [0.717, 1.165) is 36.2 Å². The molecule has 0 aliphatic heterocycles. The summed E-state index contributed by atoms with van der Waals surface area (Å²) in [6, 6.07) is 0.294. The number of carbonyl (C=O) groups is 1.